The Morgan fingerprint density at radius 1 is 1.40 bits per heavy atom. The van der Waals surface area contributed by atoms with E-state index in [0.717, 1.165) is 0 Å². The van der Waals surface area contributed by atoms with Crippen molar-refractivity contribution < 1.29 is 23.4 Å². The smallest absolute Gasteiger partial charge is 0.316 e. The van der Waals surface area contributed by atoms with Crippen molar-refractivity contribution in [2.45, 2.75) is 12.3 Å². The monoisotopic (exact) mass is 216 g/mol. The van der Waals surface area contributed by atoms with E-state index < -0.39 is 18.3 Å². The Balaban J connectivity index is 3.16. The van der Waals surface area contributed by atoms with Gasteiger partial charge in [0.15, 0.2) is 0 Å². The summed E-state index contributed by atoms with van der Waals surface area (Å²) in [5.74, 6) is -3.25. The van der Waals surface area contributed by atoms with Crippen LogP contribution in [0.15, 0.2) is 24.3 Å². The second-order valence-corrected chi connectivity index (χ2v) is 2.89. The highest BCUT2D eigenvalue weighted by Gasteiger charge is 2.32. The summed E-state index contributed by atoms with van der Waals surface area (Å²) in [6.45, 7) is 0. The van der Waals surface area contributed by atoms with Crippen LogP contribution in [0.1, 0.15) is 11.5 Å². The van der Waals surface area contributed by atoms with E-state index in [1.54, 1.807) is 6.07 Å². The van der Waals surface area contributed by atoms with Gasteiger partial charge in [0.05, 0.1) is 7.11 Å². The minimum absolute atomic E-state index is 0.0116. The molecule has 3 nitrogen and oxygen atoms in total. The predicted molar refractivity (Wildman–Crippen MR) is 49.4 cm³/mol. The van der Waals surface area contributed by atoms with Crippen LogP contribution in [-0.2, 0) is 4.79 Å². The molecular formula is C10H10F2O3. The summed E-state index contributed by atoms with van der Waals surface area (Å²) in [5, 5.41) is 8.68. The minimum Gasteiger partial charge on any atom is -0.496 e. The van der Waals surface area contributed by atoms with Gasteiger partial charge in [-0.3, -0.25) is 4.79 Å². The number of carboxylic acid groups (broad SMARTS) is 1. The van der Waals surface area contributed by atoms with Gasteiger partial charge in [-0.2, -0.15) is 0 Å². The van der Waals surface area contributed by atoms with Crippen molar-refractivity contribution in [1.82, 2.24) is 0 Å². The summed E-state index contributed by atoms with van der Waals surface area (Å²) in [7, 11) is 1.31. The molecule has 1 aromatic carbocycles. The summed E-state index contributed by atoms with van der Waals surface area (Å²) in [5.41, 5.74) is -0.0116. The molecule has 0 bridgehead atoms. The van der Waals surface area contributed by atoms with Crippen LogP contribution < -0.4 is 4.74 Å². The number of methoxy groups -OCH3 is 1. The molecule has 1 aromatic rings. The molecule has 0 aliphatic heterocycles. The maximum absolute atomic E-state index is 12.5. The number of halogens is 2. The fraction of sp³-hybridized carbons (Fsp3) is 0.300. The highest BCUT2D eigenvalue weighted by atomic mass is 19.3. The fourth-order valence-corrected chi connectivity index (χ4v) is 1.30. The largest absolute Gasteiger partial charge is 0.496 e. The summed E-state index contributed by atoms with van der Waals surface area (Å²) >= 11 is 0. The number of alkyl halides is 2. The summed E-state index contributed by atoms with van der Waals surface area (Å²) < 4.78 is 29.9. The first kappa shape index (κ1) is 11.4. The average molecular weight is 216 g/mol. The average Bonchev–Trinajstić information content (AvgIpc) is 2.17. The van der Waals surface area contributed by atoms with Crippen molar-refractivity contribution in [3.63, 3.8) is 0 Å². The summed E-state index contributed by atoms with van der Waals surface area (Å²) in [6.07, 6.45) is -2.96. The molecule has 15 heavy (non-hydrogen) atoms. The standard InChI is InChI=1S/C10H10F2O3/c1-15-7-5-3-2-4-6(7)8(9(11)12)10(13)14/h2-5,8-9H,1H3,(H,13,14). The van der Waals surface area contributed by atoms with Crippen LogP contribution >= 0.6 is 0 Å². The Kier molecular flexibility index (Phi) is 3.60. The molecule has 1 unspecified atom stereocenters. The van der Waals surface area contributed by atoms with Gasteiger partial charge in [0, 0.05) is 5.56 Å². The molecular weight excluding hydrogens is 206 g/mol. The van der Waals surface area contributed by atoms with Crippen molar-refractivity contribution in [2.75, 3.05) is 7.11 Å². The third kappa shape index (κ3) is 2.43. The summed E-state index contributed by atoms with van der Waals surface area (Å²) in [4.78, 5) is 10.7. The Hall–Kier alpha value is -1.65. The third-order valence-electron chi connectivity index (χ3n) is 1.99. The van der Waals surface area contributed by atoms with E-state index in [1.807, 2.05) is 0 Å². The third-order valence-corrected chi connectivity index (χ3v) is 1.99. The first-order chi connectivity index (χ1) is 7.07. The minimum atomic E-state index is -2.96. The van der Waals surface area contributed by atoms with E-state index in [4.69, 9.17) is 9.84 Å². The number of carbonyl (C=O) groups is 1. The quantitative estimate of drug-likeness (QED) is 0.838. The first-order valence-corrected chi connectivity index (χ1v) is 4.21. The molecule has 0 aliphatic carbocycles. The van der Waals surface area contributed by atoms with Gasteiger partial charge in [0.25, 0.3) is 6.43 Å². The van der Waals surface area contributed by atoms with Gasteiger partial charge in [-0.25, -0.2) is 8.78 Å². The molecule has 0 saturated heterocycles. The number of hydrogen-bond donors (Lipinski definition) is 1. The van der Waals surface area contributed by atoms with Gasteiger partial charge < -0.3 is 9.84 Å². The first-order valence-electron chi connectivity index (χ1n) is 4.21. The highest BCUT2D eigenvalue weighted by Crippen LogP contribution is 2.30. The number of para-hydroxylation sites is 1. The van der Waals surface area contributed by atoms with E-state index in [0.29, 0.717) is 0 Å². The van der Waals surface area contributed by atoms with Gasteiger partial charge in [-0.05, 0) is 6.07 Å². The molecule has 1 rings (SSSR count). The summed E-state index contributed by atoms with van der Waals surface area (Å²) in [6, 6.07) is 5.86. The molecule has 5 heteroatoms. The molecule has 0 saturated carbocycles. The van der Waals surface area contributed by atoms with Crippen molar-refractivity contribution in [1.29, 1.82) is 0 Å². The number of ether oxygens (including phenoxy) is 1. The lowest BCUT2D eigenvalue weighted by molar-refractivity contribution is -0.142. The number of benzene rings is 1. The van der Waals surface area contributed by atoms with Gasteiger partial charge in [-0.15, -0.1) is 0 Å². The maximum Gasteiger partial charge on any atom is 0.316 e. The van der Waals surface area contributed by atoms with Crippen LogP contribution in [0.4, 0.5) is 8.78 Å². The van der Waals surface area contributed by atoms with Crippen molar-refractivity contribution in [2.24, 2.45) is 0 Å². The SMILES string of the molecule is COc1ccccc1C(C(=O)O)C(F)F. The van der Waals surface area contributed by atoms with Gasteiger partial charge in [0.1, 0.15) is 11.7 Å². The van der Waals surface area contributed by atoms with Crippen LogP contribution in [-0.4, -0.2) is 24.6 Å². The van der Waals surface area contributed by atoms with E-state index in [9.17, 15) is 13.6 Å². The lowest BCUT2D eigenvalue weighted by Gasteiger charge is -2.14. The molecule has 0 fully saturated rings. The number of carboxylic acids is 1. The highest BCUT2D eigenvalue weighted by molar-refractivity contribution is 5.77. The molecule has 82 valence electrons. The molecule has 0 spiro atoms. The van der Waals surface area contributed by atoms with E-state index >= 15 is 0 Å². The molecule has 0 radical (unpaired) electrons. The van der Waals surface area contributed by atoms with Crippen LogP contribution in [0.5, 0.6) is 5.75 Å². The molecule has 1 N–H and O–H groups in total. The molecule has 0 heterocycles. The lowest BCUT2D eigenvalue weighted by Crippen LogP contribution is -2.20. The number of aliphatic carboxylic acids is 1. The Morgan fingerprint density at radius 2 is 2.00 bits per heavy atom. The zero-order valence-electron chi connectivity index (χ0n) is 7.98. The van der Waals surface area contributed by atoms with Gasteiger partial charge >= 0.3 is 5.97 Å². The topological polar surface area (TPSA) is 46.5 Å². The fourth-order valence-electron chi connectivity index (χ4n) is 1.30. The van der Waals surface area contributed by atoms with Crippen LogP contribution in [0.25, 0.3) is 0 Å². The van der Waals surface area contributed by atoms with E-state index in [-0.39, 0.29) is 11.3 Å². The molecule has 1 atom stereocenters. The Morgan fingerprint density at radius 3 is 2.47 bits per heavy atom. The van der Waals surface area contributed by atoms with Crippen molar-refractivity contribution >= 4 is 5.97 Å². The second-order valence-electron chi connectivity index (χ2n) is 2.89. The van der Waals surface area contributed by atoms with Gasteiger partial charge in [-0.1, -0.05) is 18.2 Å². The number of hydrogen-bond acceptors (Lipinski definition) is 2. The zero-order chi connectivity index (χ0) is 11.4. The Bertz CT molecular complexity index is 352. The van der Waals surface area contributed by atoms with Gasteiger partial charge in [0.2, 0.25) is 0 Å². The number of rotatable bonds is 4. The molecule has 0 amide bonds. The van der Waals surface area contributed by atoms with Crippen molar-refractivity contribution in [3.05, 3.63) is 29.8 Å². The Labute approximate surface area is 85.3 Å². The zero-order valence-corrected chi connectivity index (χ0v) is 7.98. The predicted octanol–water partition coefficient (Wildman–Crippen LogP) is 2.13. The van der Waals surface area contributed by atoms with Crippen LogP contribution in [0.3, 0.4) is 0 Å². The lowest BCUT2D eigenvalue weighted by atomic mass is 9.99. The normalized spacial score (nSPS) is 12.5. The molecule has 0 aliphatic rings. The van der Waals surface area contributed by atoms with E-state index in [2.05, 4.69) is 0 Å². The van der Waals surface area contributed by atoms with Crippen LogP contribution in [0.2, 0.25) is 0 Å². The van der Waals surface area contributed by atoms with Crippen molar-refractivity contribution in [3.8, 4) is 5.75 Å². The molecule has 0 aromatic heterocycles. The maximum atomic E-state index is 12.5. The van der Waals surface area contributed by atoms with E-state index in [1.165, 1.54) is 25.3 Å². The second kappa shape index (κ2) is 4.72. The van der Waals surface area contributed by atoms with Crippen LogP contribution in [0, 0.1) is 0 Å².